The summed E-state index contributed by atoms with van der Waals surface area (Å²) in [7, 11) is 0. The Kier molecular flexibility index (Phi) is 5.08. The standard InChI is InChI=1S/C23H23F2N5O5/c1-23(2,3)35-21(32)26-17-14-9-28(10-15(14)17)19-16(25)8-13-18(27-19)29(22(33)30(34)20(13)31)12-6-4-11(24)5-7-12/h4-8,14-15,17,34H,9-10H2,1-3H3,(H,26,32)/t14-,15+,17?. The summed E-state index contributed by atoms with van der Waals surface area (Å²) < 4.78 is 34.5. The van der Waals surface area contributed by atoms with E-state index in [9.17, 15) is 24.0 Å². The predicted octanol–water partition coefficient (Wildman–Crippen LogP) is 2.02. The fourth-order valence-corrected chi connectivity index (χ4v) is 4.59. The molecule has 184 valence electrons. The van der Waals surface area contributed by atoms with Crippen molar-refractivity contribution in [2.24, 2.45) is 11.8 Å². The SMILES string of the molecule is CC(C)(C)OC(=O)NC1[C@H]2CN(c3nc4c(cc3F)c(=O)n(O)c(=O)n4-c3ccc(F)cc3)C[C@@H]12. The highest BCUT2D eigenvalue weighted by molar-refractivity contribution is 5.78. The van der Waals surface area contributed by atoms with Crippen LogP contribution in [0.4, 0.5) is 19.4 Å². The average molecular weight is 487 g/mol. The Hall–Kier alpha value is -3.96. The van der Waals surface area contributed by atoms with Crippen LogP contribution in [-0.2, 0) is 4.74 Å². The average Bonchev–Trinajstić information content (AvgIpc) is 3.20. The molecule has 2 N–H and O–H groups in total. The summed E-state index contributed by atoms with van der Waals surface area (Å²) in [4.78, 5) is 43.2. The van der Waals surface area contributed by atoms with Gasteiger partial charge in [0.15, 0.2) is 17.3 Å². The molecule has 5 rings (SSSR count). The number of halogens is 2. The number of ether oxygens (including phenoxy) is 1. The number of hydrogen-bond donors (Lipinski definition) is 2. The number of fused-ring (bicyclic) bond motifs is 2. The lowest BCUT2D eigenvalue weighted by Crippen LogP contribution is -2.39. The zero-order valence-electron chi connectivity index (χ0n) is 19.2. The van der Waals surface area contributed by atoms with Crippen molar-refractivity contribution in [1.29, 1.82) is 0 Å². The number of pyridine rings is 1. The summed E-state index contributed by atoms with van der Waals surface area (Å²) in [5.41, 5.74) is -2.89. The van der Waals surface area contributed by atoms with Crippen LogP contribution in [0.5, 0.6) is 0 Å². The fourth-order valence-electron chi connectivity index (χ4n) is 4.59. The van der Waals surface area contributed by atoms with Gasteiger partial charge in [-0.2, -0.15) is 0 Å². The Morgan fingerprint density at radius 3 is 2.37 bits per heavy atom. The zero-order valence-corrected chi connectivity index (χ0v) is 19.2. The molecule has 0 bridgehead atoms. The highest BCUT2D eigenvalue weighted by Gasteiger charge is 2.57. The van der Waals surface area contributed by atoms with Gasteiger partial charge in [-0.25, -0.2) is 27.9 Å². The fraction of sp³-hybridized carbons (Fsp3) is 0.391. The van der Waals surface area contributed by atoms with E-state index in [-0.39, 0.29) is 45.1 Å². The molecule has 35 heavy (non-hydrogen) atoms. The molecular formula is C23H23F2N5O5. The lowest BCUT2D eigenvalue weighted by molar-refractivity contribution is 0.0518. The molecule has 3 heterocycles. The molecule has 3 atom stereocenters. The van der Waals surface area contributed by atoms with Crippen molar-refractivity contribution in [3.05, 3.63) is 62.8 Å². The third kappa shape index (κ3) is 3.98. The molecule has 1 saturated heterocycles. The number of piperidine rings is 1. The van der Waals surface area contributed by atoms with Crippen molar-refractivity contribution >= 4 is 22.9 Å². The molecule has 3 aromatic rings. The molecule has 1 aliphatic heterocycles. The maximum absolute atomic E-state index is 15.0. The molecule has 2 fully saturated rings. The molecule has 2 aromatic heterocycles. The van der Waals surface area contributed by atoms with Gasteiger partial charge in [-0.15, -0.1) is 0 Å². The molecule has 0 spiro atoms. The molecule has 1 amide bonds. The number of aromatic nitrogens is 3. The molecule has 1 saturated carbocycles. The minimum absolute atomic E-state index is 0.0638. The number of carbonyl (C=O) groups excluding carboxylic acids is 1. The van der Waals surface area contributed by atoms with Gasteiger partial charge in [-0.3, -0.25) is 4.79 Å². The summed E-state index contributed by atoms with van der Waals surface area (Å²) in [6, 6.07) is 5.61. The summed E-state index contributed by atoms with van der Waals surface area (Å²) in [6.45, 7) is 6.12. The molecule has 1 aliphatic carbocycles. The molecular weight excluding hydrogens is 464 g/mol. The van der Waals surface area contributed by atoms with Crippen LogP contribution in [0.15, 0.2) is 39.9 Å². The number of carbonyl (C=O) groups is 1. The van der Waals surface area contributed by atoms with Crippen molar-refractivity contribution in [1.82, 2.24) is 19.6 Å². The number of rotatable bonds is 3. The van der Waals surface area contributed by atoms with Crippen molar-refractivity contribution in [2.75, 3.05) is 18.0 Å². The quantitative estimate of drug-likeness (QED) is 0.543. The zero-order chi connectivity index (χ0) is 25.2. The van der Waals surface area contributed by atoms with Crippen LogP contribution >= 0.6 is 0 Å². The van der Waals surface area contributed by atoms with Gasteiger partial charge < -0.3 is 20.2 Å². The third-order valence-electron chi connectivity index (χ3n) is 6.21. The number of benzene rings is 1. The second-order valence-electron chi connectivity index (χ2n) is 9.78. The minimum atomic E-state index is -1.12. The largest absolute Gasteiger partial charge is 0.444 e. The molecule has 2 aliphatic rings. The van der Waals surface area contributed by atoms with Crippen LogP contribution in [0.3, 0.4) is 0 Å². The van der Waals surface area contributed by atoms with Gasteiger partial charge in [0.05, 0.1) is 11.1 Å². The van der Waals surface area contributed by atoms with E-state index in [1.54, 1.807) is 25.7 Å². The molecule has 12 heteroatoms. The van der Waals surface area contributed by atoms with Crippen molar-refractivity contribution in [2.45, 2.75) is 32.4 Å². The summed E-state index contributed by atoms with van der Waals surface area (Å²) in [5.74, 6) is -1.26. The first-order chi connectivity index (χ1) is 16.4. The van der Waals surface area contributed by atoms with Gasteiger partial charge in [0.1, 0.15) is 11.4 Å². The molecule has 10 nitrogen and oxygen atoms in total. The number of nitrogens with zero attached hydrogens (tertiary/aromatic N) is 4. The second kappa shape index (κ2) is 7.79. The van der Waals surface area contributed by atoms with E-state index in [1.807, 2.05) is 0 Å². The van der Waals surface area contributed by atoms with E-state index in [0.717, 1.165) is 22.8 Å². The van der Waals surface area contributed by atoms with Crippen molar-refractivity contribution < 1.29 is 23.5 Å². The van der Waals surface area contributed by atoms with E-state index in [4.69, 9.17) is 4.74 Å². The van der Waals surface area contributed by atoms with E-state index < -0.39 is 34.6 Å². The maximum Gasteiger partial charge on any atom is 0.407 e. The van der Waals surface area contributed by atoms with Gasteiger partial charge in [0.25, 0.3) is 5.56 Å². The molecule has 0 radical (unpaired) electrons. The number of alkyl carbamates (subject to hydrolysis) is 1. The maximum atomic E-state index is 15.0. The van der Waals surface area contributed by atoms with E-state index in [2.05, 4.69) is 10.3 Å². The smallest absolute Gasteiger partial charge is 0.407 e. The van der Waals surface area contributed by atoms with Crippen LogP contribution in [-0.4, -0.2) is 50.3 Å². The number of nitrogens with one attached hydrogen (secondary N) is 1. The van der Waals surface area contributed by atoms with Gasteiger partial charge in [0, 0.05) is 31.0 Å². The lowest BCUT2D eigenvalue weighted by atomic mass is 10.2. The second-order valence-corrected chi connectivity index (χ2v) is 9.78. The minimum Gasteiger partial charge on any atom is -0.444 e. The Morgan fingerprint density at radius 2 is 1.77 bits per heavy atom. The first-order valence-corrected chi connectivity index (χ1v) is 11.0. The van der Waals surface area contributed by atoms with Gasteiger partial charge >= 0.3 is 11.8 Å². The summed E-state index contributed by atoms with van der Waals surface area (Å²) >= 11 is 0. The topological polar surface area (TPSA) is 119 Å². The Morgan fingerprint density at radius 1 is 1.14 bits per heavy atom. The highest BCUT2D eigenvalue weighted by Crippen LogP contribution is 2.47. The van der Waals surface area contributed by atoms with Crippen LogP contribution in [0.1, 0.15) is 20.8 Å². The Bertz CT molecular complexity index is 1450. The summed E-state index contributed by atoms with van der Waals surface area (Å²) in [5, 5.41) is 12.5. The monoisotopic (exact) mass is 487 g/mol. The van der Waals surface area contributed by atoms with E-state index in [0.29, 0.717) is 13.1 Å². The summed E-state index contributed by atoms with van der Waals surface area (Å²) in [6.07, 6.45) is -0.512. The van der Waals surface area contributed by atoms with Crippen molar-refractivity contribution in [3.63, 3.8) is 0 Å². The predicted molar refractivity (Wildman–Crippen MR) is 121 cm³/mol. The van der Waals surface area contributed by atoms with Crippen LogP contribution in [0.2, 0.25) is 0 Å². The van der Waals surface area contributed by atoms with Crippen LogP contribution in [0.25, 0.3) is 16.7 Å². The van der Waals surface area contributed by atoms with Crippen molar-refractivity contribution in [3.8, 4) is 5.69 Å². The number of amides is 1. The van der Waals surface area contributed by atoms with Gasteiger partial charge in [-0.1, -0.05) is 4.73 Å². The Balaban J connectivity index is 1.47. The lowest BCUT2D eigenvalue weighted by Gasteiger charge is -2.24. The first-order valence-electron chi connectivity index (χ1n) is 11.0. The van der Waals surface area contributed by atoms with E-state index in [1.165, 1.54) is 12.1 Å². The highest BCUT2D eigenvalue weighted by atomic mass is 19.1. The first kappa shape index (κ1) is 22.8. The van der Waals surface area contributed by atoms with Crippen LogP contribution in [0, 0.1) is 23.5 Å². The van der Waals surface area contributed by atoms with Crippen LogP contribution < -0.4 is 21.5 Å². The Labute approximate surface area is 197 Å². The third-order valence-corrected chi connectivity index (χ3v) is 6.21. The number of hydrogen-bond acceptors (Lipinski definition) is 7. The molecule has 1 aromatic carbocycles. The number of anilines is 1. The van der Waals surface area contributed by atoms with E-state index >= 15 is 4.39 Å². The van der Waals surface area contributed by atoms with Gasteiger partial charge in [-0.05, 0) is 51.1 Å². The van der Waals surface area contributed by atoms with Gasteiger partial charge in [0.2, 0.25) is 0 Å². The normalized spacial score (nSPS) is 21.2. The molecule has 1 unspecified atom stereocenters.